The molecule has 1 saturated carbocycles. The zero-order valence-electron chi connectivity index (χ0n) is 15.5. The predicted molar refractivity (Wildman–Crippen MR) is 90.4 cm³/mol. The lowest BCUT2D eigenvalue weighted by Crippen LogP contribution is -2.56. The molecule has 0 spiro atoms. The maximum absolute atomic E-state index is 12.6. The van der Waals surface area contributed by atoms with Crippen molar-refractivity contribution in [3.63, 3.8) is 0 Å². The topological polar surface area (TPSA) is 89.9 Å². The number of esters is 2. The lowest BCUT2D eigenvalue weighted by molar-refractivity contribution is -0.175. The number of carbonyl (C=O) groups is 3. The van der Waals surface area contributed by atoms with E-state index in [1.165, 1.54) is 13.8 Å². The predicted octanol–water partition coefficient (Wildman–Crippen LogP) is 1.96. The van der Waals surface area contributed by atoms with Crippen LogP contribution in [0.15, 0.2) is 22.8 Å². The molecule has 0 saturated heterocycles. The summed E-state index contributed by atoms with van der Waals surface area (Å²) in [6, 6.07) is 0. The van der Waals surface area contributed by atoms with E-state index in [0.717, 1.165) is 11.1 Å². The van der Waals surface area contributed by atoms with Gasteiger partial charge in [-0.3, -0.25) is 14.4 Å². The number of hydrogen-bond acceptors (Lipinski definition) is 6. The highest BCUT2D eigenvalue weighted by molar-refractivity contribution is 6.01. The minimum atomic E-state index is -1.17. The highest BCUT2D eigenvalue weighted by Gasteiger charge is 2.53. The average molecular weight is 350 g/mol. The van der Waals surface area contributed by atoms with Crippen LogP contribution >= 0.6 is 0 Å². The minimum absolute atomic E-state index is 0.285. The summed E-state index contributed by atoms with van der Waals surface area (Å²) in [4.78, 5) is 35.8. The molecule has 0 amide bonds. The molecular formula is C19H26O6. The molecular weight excluding hydrogens is 324 g/mol. The Morgan fingerprint density at radius 1 is 1.08 bits per heavy atom. The number of hydrogen-bond donors (Lipinski definition) is 1. The maximum atomic E-state index is 12.6. The van der Waals surface area contributed by atoms with Gasteiger partial charge in [0, 0.05) is 31.3 Å². The van der Waals surface area contributed by atoms with Gasteiger partial charge in [0.2, 0.25) is 0 Å². The third-order valence-electron chi connectivity index (χ3n) is 5.09. The first-order chi connectivity index (χ1) is 11.6. The van der Waals surface area contributed by atoms with Crippen molar-refractivity contribution in [2.75, 3.05) is 0 Å². The van der Waals surface area contributed by atoms with E-state index in [1.54, 1.807) is 13.8 Å². The van der Waals surface area contributed by atoms with Gasteiger partial charge in [0.25, 0.3) is 0 Å². The monoisotopic (exact) mass is 350 g/mol. The van der Waals surface area contributed by atoms with Crippen molar-refractivity contribution in [1.29, 1.82) is 0 Å². The number of fused-ring (bicyclic) bond motifs is 1. The van der Waals surface area contributed by atoms with Gasteiger partial charge < -0.3 is 14.6 Å². The molecule has 138 valence electrons. The van der Waals surface area contributed by atoms with E-state index < -0.39 is 36.2 Å². The number of allylic oxidation sites excluding steroid dienone is 2. The molecule has 0 heterocycles. The Balaban J connectivity index is 2.61. The van der Waals surface area contributed by atoms with Crippen molar-refractivity contribution in [2.45, 2.75) is 59.9 Å². The van der Waals surface area contributed by atoms with Gasteiger partial charge in [0.1, 0.15) is 12.2 Å². The maximum Gasteiger partial charge on any atom is 0.303 e. The molecule has 0 aromatic rings. The van der Waals surface area contributed by atoms with E-state index in [4.69, 9.17) is 9.47 Å². The summed E-state index contributed by atoms with van der Waals surface area (Å²) < 4.78 is 10.9. The minimum Gasteiger partial charge on any atom is -0.458 e. The zero-order chi connectivity index (χ0) is 19.0. The second-order valence-corrected chi connectivity index (χ2v) is 7.20. The molecule has 0 aliphatic heterocycles. The largest absolute Gasteiger partial charge is 0.458 e. The molecule has 2 rings (SSSR count). The van der Waals surface area contributed by atoms with E-state index >= 15 is 0 Å². The Morgan fingerprint density at radius 2 is 1.64 bits per heavy atom. The van der Waals surface area contributed by atoms with Crippen LogP contribution in [0.5, 0.6) is 0 Å². The van der Waals surface area contributed by atoms with Gasteiger partial charge in [-0.05, 0) is 32.3 Å². The van der Waals surface area contributed by atoms with Crippen LogP contribution in [0.2, 0.25) is 0 Å². The van der Waals surface area contributed by atoms with Crippen molar-refractivity contribution >= 4 is 17.7 Å². The SMILES string of the molecule is CC(=O)O[C@@H]1[C@@H]2[C@@H](C)[C@H](O)C(=O)C(=C(C)C)[C@@H]2C=C(C)[C@@H]1OC(C)=O. The number of ether oxygens (including phenoxy) is 2. The standard InChI is InChI=1S/C19H26O6/c1-8(2)14-13-7-9(3)18(24-11(5)20)19(25-12(6)21)15(13)10(4)16(22)17(14)23/h7,10,13,15-16,18-19,22H,1-6H3/t10-,13+,15-,16+,18+,19-/m1/s1. The van der Waals surface area contributed by atoms with Crippen molar-refractivity contribution < 1.29 is 29.0 Å². The molecule has 25 heavy (non-hydrogen) atoms. The second kappa shape index (κ2) is 7.12. The molecule has 2 aliphatic rings. The molecule has 6 nitrogen and oxygen atoms in total. The third-order valence-corrected chi connectivity index (χ3v) is 5.09. The molecule has 6 heteroatoms. The normalized spacial score (nSPS) is 34.8. The number of aliphatic hydroxyl groups excluding tert-OH is 1. The van der Waals surface area contributed by atoms with Gasteiger partial charge in [-0.1, -0.05) is 18.6 Å². The van der Waals surface area contributed by atoms with Gasteiger partial charge in [-0.2, -0.15) is 0 Å². The summed E-state index contributed by atoms with van der Waals surface area (Å²) in [5.74, 6) is -2.33. The van der Waals surface area contributed by atoms with Crippen molar-refractivity contribution in [3.05, 3.63) is 22.8 Å². The summed E-state index contributed by atoms with van der Waals surface area (Å²) in [6.45, 7) is 9.81. The van der Waals surface area contributed by atoms with Crippen molar-refractivity contribution in [2.24, 2.45) is 17.8 Å². The highest BCUT2D eigenvalue weighted by Crippen LogP contribution is 2.47. The summed E-state index contributed by atoms with van der Waals surface area (Å²) in [5.41, 5.74) is 2.11. The van der Waals surface area contributed by atoms with Crippen molar-refractivity contribution in [1.82, 2.24) is 0 Å². The number of aliphatic hydroxyl groups is 1. The summed E-state index contributed by atoms with van der Waals surface area (Å²) >= 11 is 0. The third kappa shape index (κ3) is 3.54. The van der Waals surface area contributed by atoms with E-state index in [0.29, 0.717) is 5.57 Å². The van der Waals surface area contributed by atoms with Gasteiger partial charge in [0.05, 0.1) is 0 Å². The molecule has 1 fully saturated rings. The van der Waals surface area contributed by atoms with Crippen molar-refractivity contribution in [3.8, 4) is 0 Å². The fourth-order valence-electron chi connectivity index (χ4n) is 4.08. The van der Waals surface area contributed by atoms with Crippen LogP contribution in [0.25, 0.3) is 0 Å². The average Bonchev–Trinajstić information content (AvgIpc) is 2.47. The van der Waals surface area contributed by atoms with E-state index in [-0.39, 0.29) is 17.6 Å². The molecule has 2 aliphatic carbocycles. The number of carbonyl (C=O) groups excluding carboxylic acids is 3. The number of Topliss-reactive ketones (excluding diaryl/α,β-unsaturated/α-hetero) is 1. The van der Waals surface area contributed by atoms with E-state index in [2.05, 4.69) is 0 Å². The molecule has 0 aromatic heterocycles. The summed E-state index contributed by atoms with van der Waals surface area (Å²) in [7, 11) is 0. The van der Waals surface area contributed by atoms with Crippen LogP contribution in [-0.2, 0) is 23.9 Å². The molecule has 0 aromatic carbocycles. The van der Waals surface area contributed by atoms with Crippen LogP contribution in [-0.4, -0.2) is 41.1 Å². The summed E-state index contributed by atoms with van der Waals surface area (Å²) in [6.07, 6.45) is -0.734. The van der Waals surface area contributed by atoms with E-state index in [1.807, 2.05) is 19.9 Å². The van der Waals surface area contributed by atoms with Gasteiger partial charge in [-0.15, -0.1) is 0 Å². The lowest BCUT2D eigenvalue weighted by atomic mass is 9.61. The first kappa shape index (κ1) is 19.4. The Hall–Kier alpha value is -1.95. The quantitative estimate of drug-likeness (QED) is 0.465. The Morgan fingerprint density at radius 3 is 2.12 bits per heavy atom. The Labute approximate surface area is 147 Å². The van der Waals surface area contributed by atoms with Crippen LogP contribution < -0.4 is 0 Å². The van der Waals surface area contributed by atoms with Crippen LogP contribution in [0.1, 0.15) is 41.5 Å². The molecule has 0 bridgehead atoms. The Kier molecular flexibility index (Phi) is 5.52. The Bertz CT molecular complexity index is 655. The fraction of sp³-hybridized carbons (Fsp3) is 0.632. The van der Waals surface area contributed by atoms with Gasteiger partial charge >= 0.3 is 11.9 Å². The smallest absolute Gasteiger partial charge is 0.303 e. The van der Waals surface area contributed by atoms with Crippen LogP contribution in [0.4, 0.5) is 0 Å². The second-order valence-electron chi connectivity index (χ2n) is 7.20. The summed E-state index contributed by atoms with van der Waals surface area (Å²) in [5, 5.41) is 10.4. The molecule has 0 radical (unpaired) electrons. The lowest BCUT2D eigenvalue weighted by Gasteiger charge is -2.48. The zero-order valence-corrected chi connectivity index (χ0v) is 15.5. The van der Waals surface area contributed by atoms with Gasteiger partial charge in [-0.25, -0.2) is 0 Å². The van der Waals surface area contributed by atoms with Crippen LogP contribution in [0, 0.1) is 17.8 Å². The van der Waals surface area contributed by atoms with Gasteiger partial charge in [0.15, 0.2) is 11.9 Å². The number of rotatable bonds is 2. The fourth-order valence-corrected chi connectivity index (χ4v) is 4.08. The molecule has 1 N–H and O–H groups in total. The number of ketones is 1. The van der Waals surface area contributed by atoms with E-state index in [9.17, 15) is 19.5 Å². The first-order valence-electron chi connectivity index (χ1n) is 8.48. The molecule has 6 atom stereocenters. The molecule has 0 unspecified atom stereocenters. The highest BCUT2D eigenvalue weighted by atomic mass is 16.6. The van der Waals surface area contributed by atoms with Crippen LogP contribution in [0.3, 0.4) is 0 Å². The first-order valence-corrected chi connectivity index (χ1v) is 8.48.